The normalized spacial score (nSPS) is 21.5. The molecule has 1 unspecified atom stereocenters. The van der Waals surface area contributed by atoms with Crippen molar-refractivity contribution >= 4 is 12.6 Å². The SMILES string of the molecule is CC(NCc1ccc(B2OC(C)(C)C(C)(C)O2)cc1)C(C)(C)N. The third-order valence-electron chi connectivity index (χ3n) is 5.23. The molecule has 1 saturated heterocycles. The van der Waals surface area contributed by atoms with Crippen molar-refractivity contribution in [2.45, 2.75) is 77.8 Å². The van der Waals surface area contributed by atoms with E-state index in [2.05, 4.69) is 64.2 Å². The molecule has 0 amide bonds. The van der Waals surface area contributed by atoms with E-state index in [1.165, 1.54) is 5.56 Å². The maximum Gasteiger partial charge on any atom is 0.494 e. The van der Waals surface area contributed by atoms with Gasteiger partial charge in [0.2, 0.25) is 0 Å². The maximum atomic E-state index is 6.11. The van der Waals surface area contributed by atoms with E-state index < -0.39 is 0 Å². The highest BCUT2D eigenvalue weighted by atomic mass is 16.7. The lowest BCUT2D eigenvalue weighted by Crippen LogP contribution is -2.50. The van der Waals surface area contributed by atoms with Crippen molar-refractivity contribution in [3.8, 4) is 0 Å². The van der Waals surface area contributed by atoms with E-state index >= 15 is 0 Å². The molecule has 1 aliphatic rings. The molecular weight excluding hydrogens is 287 g/mol. The Morgan fingerprint density at radius 1 is 1.09 bits per heavy atom. The summed E-state index contributed by atoms with van der Waals surface area (Å²) < 4.78 is 12.2. The second-order valence-corrected chi connectivity index (χ2v) is 8.25. The third kappa shape index (κ3) is 4.15. The fraction of sp³-hybridized carbons (Fsp3) is 0.667. The molecule has 0 bridgehead atoms. The van der Waals surface area contributed by atoms with Crippen molar-refractivity contribution < 1.29 is 9.31 Å². The molecule has 1 atom stereocenters. The smallest absolute Gasteiger partial charge is 0.399 e. The van der Waals surface area contributed by atoms with Crippen LogP contribution < -0.4 is 16.5 Å². The van der Waals surface area contributed by atoms with Gasteiger partial charge in [-0.05, 0) is 59.5 Å². The van der Waals surface area contributed by atoms with Gasteiger partial charge in [-0.25, -0.2) is 0 Å². The van der Waals surface area contributed by atoms with Crippen LogP contribution in [-0.2, 0) is 15.9 Å². The maximum absolute atomic E-state index is 6.11. The molecule has 3 N–H and O–H groups in total. The number of hydrogen-bond acceptors (Lipinski definition) is 4. The molecule has 5 heteroatoms. The summed E-state index contributed by atoms with van der Waals surface area (Å²) in [6.07, 6.45) is 0. The zero-order chi connectivity index (χ0) is 17.5. The fourth-order valence-corrected chi connectivity index (χ4v) is 2.31. The Balaban J connectivity index is 1.98. The van der Waals surface area contributed by atoms with Crippen LogP contribution in [0.25, 0.3) is 0 Å². The lowest BCUT2D eigenvalue weighted by atomic mass is 9.79. The van der Waals surface area contributed by atoms with Gasteiger partial charge in [-0.2, -0.15) is 0 Å². The second kappa shape index (κ2) is 6.21. The van der Waals surface area contributed by atoms with Crippen molar-refractivity contribution in [1.82, 2.24) is 5.32 Å². The topological polar surface area (TPSA) is 56.5 Å². The minimum atomic E-state index is -0.306. The van der Waals surface area contributed by atoms with E-state index in [4.69, 9.17) is 15.0 Å². The molecular formula is C18H31BN2O2. The van der Waals surface area contributed by atoms with Crippen molar-refractivity contribution in [2.24, 2.45) is 5.73 Å². The Morgan fingerprint density at radius 2 is 1.57 bits per heavy atom. The molecule has 2 rings (SSSR count). The van der Waals surface area contributed by atoms with Crippen molar-refractivity contribution in [2.75, 3.05) is 0 Å². The monoisotopic (exact) mass is 318 g/mol. The van der Waals surface area contributed by atoms with Crippen molar-refractivity contribution in [3.05, 3.63) is 29.8 Å². The van der Waals surface area contributed by atoms with Gasteiger partial charge in [0.05, 0.1) is 11.2 Å². The van der Waals surface area contributed by atoms with Crippen molar-refractivity contribution in [3.63, 3.8) is 0 Å². The lowest BCUT2D eigenvalue weighted by molar-refractivity contribution is 0.00578. The Morgan fingerprint density at radius 3 is 2.00 bits per heavy atom. The van der Waals surface area contributed by atoms with Crippen LogP contribution in [0.4, 0.5) is 0 Å². The van der Waals surface area contributed by atoms with Crippen LogP contribution in [0.5, 0.6) is 0 Å². The van der Waals surface area contributed by atoms with Crippen LogP contribution in [0.2, 0.25) is 0 Å². The van der Waals surface area contributed by atoms with Gasteiger partial charge < -0.3 is 20.4 Å². The summed E-state index contributed by atoms with van der Waals surface area (Å²) in [5.41, 5.74) is 7.54. The molecule has 1 heterocycles. The number of benzene rings is 1. The molecule has 1 fully saturated rings. The minimum Gasteiger partial charge on any atom is -0.399 e. The van der Waals surface area contributed by atoms with Crippen LogP contribution in [0.1, 0.15) is 54.0 Å². The van der Waals surface area contributed by atoms with Gasteiger partial charge in [0.1, 0.15) is 0 Å². The van der Waals surface area contributed by atoms with Crippen LogP contribution in [0.3, 0.4) is 0 Å². The zero-order valence-corrected chi connectivity index (χ0v) is 15.6. The van der Waals surface area contributed by atoms with Gasteiger partial charge in [0.25, 0.3) is 0 Å². The summed E-state index contributed by atoms with van der Waals surface area (Å²) >= 11 is 0. The Labute approximate surface area is 141 Å². The first-order chi connectivity index (χ1) is 10.4. The van der Waals surface area contributed by atoms with Crippen LogP contribution in [-0.4, -0.2) is 29.9 Å². The van der Waals surface area contributed by atoms with Crippen molar-refractivity contribution in [1.29, 1.82) is 0 Å². The van der Waals surface area contributed by atoms with Gasteiger partial charge in [-0.3, -0.25) is 0 Å². The Bertz CT molecular complexity index is 519. The van der Waals surface area contributed by atoms with Gasteiger partial charge in [-0.1, -0.05) is 24.3 Å². The van der Waals surface area contributed by atoms with Gasteiger partial charge in [-0.15, -0.1) is 0 Å². The molecule has 1 aromatic carbocycles. The first-order valence-corrected chi connectivity index (χ1v) is 8.39. The number of hydrogen-bond donors (Lipinski definition) is 2. The number of nitrogens with one attached hydrogen (secondary N) is 1. The highest BCUT2D eigenvalue weighted by Crippen LogP contribution is 2.36. The minimum absolute atomic E-state index is 0.233. The quantitative estimate of drug-likeness (QED) is 0.817. The standard InChI is InChI=1S/C18H31BN2O2/c1-13(16(2,3)20)21-12-14-8-10-15(11-9-14)19-22-17(4,5)18(6,7)23-19/h8-11,13,21H,12,20H2,1-7H3. The molecule has 0 spiro atoms. The third-order valence-corrected chi connectivity index (χ3v) is 5.23. The second-order valence-electron chi connectivity index (χ2n) is 8.25. The van der Waals surface area contributed by atoms with E-state index in [1.807, 2.05) is 13.8 Å². The van der Waals surface area contributed by atoms with E-state index in [-0.39, 0.29) is 29.9 Å². The Hall–Kier alpha value is -0.875. The molecule has 4 nitrogen and oxygen atoms in total. The van der Waals surface area contributed by atoms with Gasteiger partial charge in [0.15, 0.2) is 0 Å². The summed E-state index contributed by atoms with van der Waals surface area (Å²) in [6.45, 7) is 15.3. The number of nitrogens with two attached hydrogens (primary N) is 1. The summed E-state index contributed by atoms with van der Waals surface area (Å²) in [5.74, 6) is 0. The van der Waals surface area contributed by atoms with E-state index in [9.17, 15) is 0 Å². The molecule has 1 aliphatic heterocycles. The first-order valence-electron chi connectivity index (χ1n) is 8.39. The number of rotatable bonds is 5. The molecule has 128 valence electrons. The molecule has 0 radical (unpaired) electrons. The molecule has 0 aromatic heterocycles. The largest absolute Gasteiger partial charge is 0.494 e. The van der Waals surface area contributed by atoms with E-state index in [0.29, 0.717) is 0 Å². The van der Waals surface area contributed by atoms with Crippen LogP contribution in [0.15, 0.2) is 24.3 Å². The molecule has 0 saturated carbocycles. The van der Waals surface area contributed by atoms with Gasteiger partial charge in [0, 0.05) is 18.1 Å². The van der Waals surface area contributed by atoms with E-state index in [0.717, 1.165) is 12.0 Å². The first kappa shape index (κ1) is 18.5. The van der Waals surface area contributed by atoms with Gasteiger partial charge >= 0.3 is 7.12 Å². The summed E-state index contributed by atoms with van der Waals surface area (Å²) in [7, 11) is -0.302. The predicted molar refractivity (Wildman–Crippen MR) is 96.7 cm³/mol. The van der Waals surface area contributed by atoms with E-state index in [1.54, 1.807) is 0 Å². The average molecular weight is 318 g/mol. The fourth-order valence-electron chi connectivity index (χ4n) is 2.31. The van der Waals surface area contributed by atoms with Crippen LogP contribution >= 0.6 is 0 Å². The zero-order valence-electron chi connectivity index (χ0n) is 15.6. The molecule has 0 aliphatic carbocycles. The lowest BCUT2D eigenvalue weighted by Gasteiger charge is -2.32. The summed E-state index contributed by atoms with van der Waals surface area (Å²) in [4.78, 5) is 0. The average Bonchev–Trinajstić information content (AvgIpc) is 2.64. The molecule has 1 aromatic rings. The van der Waals surface area contributed by atoms with Crippen LogP contribution in [0, 0.1) is 0 Å². The summed E-state index contributed by atoms with van der Waals surface area (Å²) in [6, 6.07) is 8.63. The molecule has 23 heavy (non-hydrogen) atoms. The highest BCUT2D eigenvalue weighted by Gasteiger charge is 2.51. The predicted octanol–water partition coefficient (Wildman–Crippen LogP) is 2.20. The summed E-state index contributed by atoms with van der Waals surface area (Å²) in [5, 5.41) is 3.47. The highest BCUT2D eigenvalue weighted by molar-refractivity contribution is 6.62. The Kier molecular flexibility index (Phi) is 4.98.